The Morgan fingerprint density at radius 2 is 1.95 bits per heavy atom. The largest absolute Gasteiger partial charge is 0.480 e. The monoisotopic (exact) mass is 282 g/mol. The van der Waals surface area contributed by atoms with Crippen molar-refractivity contribution in [2.24, 2.45) is 0 Å². The van der Waals surface area contributed by atoms with Crippen LogP contribution in [0, 0.1) is 0 Å². The Morgan fingerprint density at radius 3 is 2.65 bits per heavy atom. The van der Waals surface area contributed by atoms with Crippen LogP contribution in [0.3, 0.4) is 0 Å². The number of ether oxygens (including phenoxy) is 2. The number of halogens is 2. The van der Waals surface area contributed by atoms with E-state index in [1.165, 1.54) is 37.7 Å². The lowest BCUT2D eigenvalue weighted by molar-refractivity contribution is -0.0499. The summed E-state index contributed by atoms with van der Waals surface area (Å²) >= 11 is 0. The van der Waals surface area contributed by atoms with E-state index in [0.717, 1.165) is 0 Å². The third kappa shape index (κ3) is 3.18. The van der Waals surface area contributed by atoms with Gasteiger partial charge in [-0.25, -0.2) is 4.98 Å². The third-order valence-electron chi connectivity index (χ3n) is 2.54. The lowest BCUT2D eigenvalue weighted by Crippen LogP contribution is -2.07. The lowest BCUT2D eigenvalue weighted by atomic mass is 10.1. The van der Waals surface area contributed by atoms with Crippen LogP contribution in [0.5, 0.6) is 11.6 Å². The predicted molar refractivity (Wildman–Crippen MR) is 65.7 cm³/mol. The van der Waals surface area contributed by atoms with E-state index in [9.17, 15) is 13.9 Å². The zero-order chi connectivity index (χ0) is 14.5. The predicted octanol–water partition coefficient (Wildman–Crippen LogP) is 2.17. The van der Waals surface area contributed by atoms with Gasteiger partial charge in [0.25, 0.3) is 0 Å². The molecule has 7 heteroatoms. The van der Waals surface area contributed by atoms with Crippen molar-refractivity contribution in [3.8, 4) is 11.6 Å². The van der Waals surface area contributed by atoms with Crippen molar-refractivity contribution < 1.29 is 23.4 Å². The first-order chi connectivity index (χ1) is 9.61. The molecule has 1 aromatic heterocycles. The van der Waals surface area contributed by atoms with Crippen molar-refractivity contribution in [2.75, 3.05) is 7.11 Å². The molecule has 0 aliphatic carbocycles. The summed E-state index contributed by atoms with van der Waals surface area (Å²) < 4.78 is 33.6. The highest BCUT2D eigenvalue weighted by Crippen LogP contribution is 2.28. The molecule has 2 aromatic rings. The van der Waals surface area contributed by atoms with Gasteiger partial charge in [0.1, 0.15) is 17.5 Å². The second-order valence-electron chi connectivity index (χ2n) is 3.80. The van der Waals surface area contributed by atoms with Crippen molar-refractivity contribution >= 4 is 0 Å². The molecule has 2 rings (SSSR count). The molecular weight excluding hydrogens is 270 g/mol. The fourth-order valence-electron chi connectivity index (χ4n) is 1.70. The number of hydrogen-bond acceptors (Lipinski definition) is 5. The minimum atomic E-state index is -2.92. The minimum Gasteiger partial charge on any atom is -0.480 e. The fraction of sp³-hybridized carbons (Fsp3) is 0.231. The van der Waals surface area contributed by atoms with Gasteiger partial charge in [0, 0.05) is 12.4 Å². The maximum atomic E-state index is 12.2. The molecule has 1 aromatic carbocycles. The van der Waals surface area contributed by atoms with Gasteiger partial charge in [-0.2, -0.15) is 8.78 Å². The fourth-order valence-corrected chi connectivity index (χ4v) is 1.70. The highest BCUT2D eigenvalue weighted by atomic mass is 19.3. The van der Waals surface area contributed by atoms with Crippen LogP contribution < -0.4 is 9.47 Å². The Labute approximate surface area is 113 Å². The Hall–Kier alpha value is -2.28. The van der Waals surface area contributed by atoms with Crippen LogP contribution in [0.4, 0.5) is 8.78 Å². The molecule has 1 N–H and O–H groups in total. The van der Waals surface area contributed by atoms with Crippen molar-refractivity contribution in [2.45, 2.75) is 12.7 Å². The summed E-state index contributed by atoms with van der Waals surface area (Å²) in [7, 11) is 1.40. The number of methoxy groups -OCH3 is 1. The smallest absolute Gasteiger partial charge is 0.387 e. The molecule has 1 heterocycles. The highest BCUT2D eigenvalue weighted by Gasteiger charge is 2.18. The molecule has 0 saturated heterocycles. The topological polar surface area (TPSA) is 64.5 Å². The van der Waals surface area contributed by atoms with Crippen LogP contribution >= 0.6 is 0 Å². The van der Waals surface area contributed by atoms with Gasteiger partial charge in [-0.3, -0.25) is 4.98 Å². The quantitative estimate of drug-likeness (QED) is 0.910. The number of alkyl halides is 2. The number of nitrogens with zero attached hydrogens (tertiary/aromatic N) is 2. The van der Waals surface area contributed by atoms with Crippen LogP contribution in [-0.4, -0.2) is 28.8 Å². The maximum Gasteiger partial charge on any atom is 0.387 e. The molecule has 0 aliphatic heterocycles. The Bertz CT molecular complexity index is 581. The molecule has 0 spiro atoms. The summed E-state index contributed by atoms with van der Waals surface area (Å²) in [6, 6.07) is 5.75. The van der Waals surface area contributed by atoms with Crippen LogP contribution in [0.1, 0.15) is 17.4 Å². The first-order valence-electron chi connectivity index (χ1n) is 5.69. The maximum absolute atomic E-state index is 12.2. The second kappa shape index (κ2) is 6.25. The van der Waals surface area contributed by atoms with Gasteiger partial charge in [-0.1, -0.05) is 12.1 Å². The first kappa shape index (κ1) is 14.1. The molecule has 0 fully saturated rings. The molecule has 0 saturated carbocycles. The van der Waals surface area contributed by atoms with Gasteiger partial charge < -0.3 is 14.6 Å². The summed E-state index contributed by atoms with van der Waals surface area (Å²) in [5, 5.41) is 10.2. The molecule has 0 aliphatic rings. The van der Waals surface area contributed by atoms with Gasteiger partial charge in [-0.05, 0) is 17.7 Å². The van der Waals surface area contributed by atoms with Gasteiger partial charge in [0.2, 0.25) is 5.88 Å². The number of rotatable bonds is 5. The Balaban J connectivity index is 2.30. The van der Waals surface area contributed by atoms with E-state index in [1.807, 2.05) is 0 Å². The number of benzene rings is 1. The Kier molecular flexibility index (Phi) is 4.41. The van der Waals surface area contributed by atoms with Crippen LogP contribution in [-0.2, 0) is 0 Å². The van der Waals surface area contributed by atoms with E-state index < -0.39 is 12.7 Å². The standard InChI is InChI=1S/C13H12F2N2O3/c1-19-12-10(16-5-6-17-12)11(18)8-3-2-4-9(7-8)20-13(14)15/h2-7,11,13,18H,1H3. The Morgan fingerprint density at radius 1 is 1.20 bits per heavy atom. The number of aliphatic hydroxyl groups excluding tert-OH is 1. The average Bonchev–Trinajstić information content (AvgIpc) is 2.46. The molecule has 106 valence electrons. The third-order valence-corrected chi connectivity index (χ3v) is 2.54. The van der Waals surface area contributed by atoms with Crippen molar-refractivity contribution in [3.63, 3.8) is 0 Å². The van der Waals surface area contributed by atoms with E-state index in [2.05, 4.69) is 14.7 Å². The summed E-state index contributed by atoms with van der Waals surface area (Å²) in [5.41, 5.74) is 0.547. The van der Waals surface area contributed by atoms with Crippen LogP contribution in [0.2, 0.25) is 0 Å². The molecule has 0 amide bonds. The SMILES string of the molecule is COc1nccnc1C(O)c1cccc(OC(F)F)c1. The van der Waals surface area contributed by atoms with Crippen LogP contribution in [0.25, 0.3) is 0 Å². The van der Waals surface area contributed by atoms with E-state index >= 15 is 0 Å². The average molecular weight is 282 g/mol. The minimum absolute atomic E-state index is 0.0422. The summed E-state index contributed by atoms with van der Waals surface area (Å²) in [6.45, 7) is -2.92. The number of hydrogen-bond donors (Lipinski definition) is 1. The zero-order valence-electron chi connectivity index (χ0n) is 10.5. The van der Waals surface area contributed by atoms with Gasteiger partial charge in [0.05, 0.1) is 7.11 Å². The molecule has 20 heavy (non-hydrogen) atoms. The van der Waals surface area contributed by atoms with Gasteiger partial charge >= 0.3 is 6.61 Å². The molecule has 0 radical (unpaired) electrons. The van der Waals surface area contributed by atoms with E-state index in [4.69, 9.17) is 4.74 Å². The first-order valence-corrected chi connectivity index (χ1v) is 5.69. The van der Waals surface area contributed by atoms with Crippen molar-refractivity contribution in [3.05, 3.63) is 47.9 Å². The summed E-state index contributed by atoms with van der Waals surface area (Å²) in [4.78, 5) is 7.91. The second-order valence-corrected chi connectivity index (χ2v) is 3.80. The molecular formula is C13H12F2N2O3. The van der Waals surface area contributed by atoms with Crippen LogP contribution in [0.15, 0.2) is 36.7 Å². The van der Waals surface area contributed by atoms with Gasteiger partial charge in [0.15, 0.2) is 0 Å². The van der Waals surface area contributed by atoms with Gasteiger partial charge in [-0.15, -0.1) is 0 Å². The highest BCUT2D eigenvalue weighted by molar-refractivity contribution is 5.35. The molecule has 5 nitrogen and oxygen atoms in total. The zero-order valence-corrected chi connectivity index (χ0v) is 10.5. The number of aliphatic hydroxyl groups is 1. The molecule has 1 unspecified atom stereocenters. The van der Waals surface area contributed by atoms with E-state index in [0.29, 0.717) is 5.56 Å². The normalized spacial score (nSPS) is 12.2. The number of aromatic nitrogens is 2. The van der Waals surface area contributed by atoms with E-state index in [1.54, 1.807) is 6.07 Å². The van der Waals surface area contributed by atoms with Crippen molar-refractivity contribution in [1.29, 1.82) is 0 Å². The van der Waals surface area contributed by atoms with E-state index in [-0.39, 0.29) is 17.3 Å². The molecule has 0 bridgehead atoms. The molecule has 1 atom stereocenters. The summed E-state index contributed by atoms with van der Waals surface area (Å²) in [6.07, 6.45) is 1.67. The van der Waals surface area contributed by atoms with Crippen molar-refractivity contribution in [1.82, 2.24) is 9.97 Å². The summed E-state index contributed by atoms with van der Waals surface area (Å²) in [5.74, 6) is 0.125. The lowest BCUT2D eigenvalue weighted by Gasteiger charge is -2.14.